The summed E-state index contributed by atoms with van der Waals surface area (Å²) >= 11 is 7.52. The molecule has 2 N–H and O–H groups in total. The number of hydrogen-bond donors (Lipinski definition) is 1. The molecule has 0 bridgehead atoms. The minimum absolute atomic E-state index is 0. The molecule has 0 aromatic heterocycles. The van der Waals surface area contributed by atoms with E-state index in [1.807, 2.05) is 36.1 Å². The highest BCUT2D eigenvalue weighted by atomic mass is 35.5. The van der Waals surface area contributed by atoms with Crippen molar-refractivity contribution < 1.29 is 4.79 Å². The molecule has 1 aliphatic heterocycles. The van der Waals surface area contributed by atoms with E-state index in [1.54, 1.807) is 11.8 Å². The highest BCUT2D eigenvalue weighted by Gasteiger charge is 2.25. The average molecular weight is 363 g/mol. The number of halogens is 2. The molecule has 0 saturated carbocycles. The van der Waals surface area contributed by atoms with E-state index in [9.17, 15) is 4.79 Å². The number of nitrogens with two attached hydrogens (primary N) is 1. The topological polar surface area (TPSA) is 46.3 Å². The summed E-state index contributed by atoms with van der Waals surface area (Å²) in [5, 5.41) is 0.745. The van der Waals surface area contributed by atoms with Gasteiger partial charge in [-0.05, 0) is 43.4 Å². The van der Waals surface area contributed by atoms with Gasteiger partial charge in [-0.3, -0.25) is 4.79 Å². The van der Waals surface area contributed by atoms with Gasteiger partial charge >= 0.3 is 0 Å². The summed E-state index contributed by atoms with van der Waals surface area (Å²) in [6, 6.07) is 7.95. The molecular weight excluding hydrogens is 339 g/mol. The molecule has 3 nitrogen and oxygen atoms in total. The van der Waals surface area contributed by atoms with Gasteiger partial charge in [-0.25, -0.2) is 0 Å². The maximum absolute atomic E-state index is 12.3. The highest BCUT2D eigenvalue weighted by Crippen LogP contribution is 2.21. The van der Waals surface area contributed by atoms with Crippen molar-refractivity contribution in [2.24, 2.45) is 11.7 Å². The molecule has 0 radical (unpaired) electrons. The van der Waals surface area contributed by atoms with Gasteiger partial charge in [-0.2, -0.15) is 0 Å². The third-order valence-electron chi connectivity index (χ3n) is 3.96. The maximum atomic E-state index is 12.3. The number of amides is 1. The summed E-state index contributed by atoms with van der Waals surface area (Å²) in [5.41, 5.74) is 7.16. The smallest absolute Gasteiger partial charge is 0.232 e. The fourth-order valence-corrected chi connectivity index (χ4v) is 3.61. The van der Waals surface area contributed by atoms with Gasteiger partial charge in [-0.15, -0.1) is 24.2 Å². The maximum Gasteiger partial charge on any atom is 0.232 e. The summed E-state index contributed by atoms with van der Waals surface area (Å²) in [4.78, 5) is 14.2. The number of hydrogen-bond acceptors (Lipinski definition) is 3. The molecule has 2 unspecified atom stereocenters. The lowest BCUT2D eigenvalue weighted by Gasteiger charge is -2.34. The first-order valence-electron chi connectivity index (χ1n) is 7.42. The number of benzene rings is 1. The van der Waals surface area contributed by atoms with E-state index < -0.39 is 0 Å². The summed E-state index contributed by atoms with van der Waals surface area (Å²) in [5.74, 6) is 2.06. The summed E-state index contributed by atoms with van der Waals surface area (Å²) in [6.07, 6.45) is 2.21. The van der Waals surface area contributed by atoms with Gasteiger partial charge in [0.2, 0.25) is 5.91 Å². The van der Waals surface area contributed by atoms with Crippen LogP contribution in [0.5, 0.6) is 0 Å². The number of piperidine rings is 1. The van der Waals surface area contributed by atoms with Crippen molar-refractivity contribution in [3.63, 3.8) is 0 Å². The van der Waals surface area contributed by atoms with Crippen molar-refractivity contribution in [2.75, 3.05) is 18.8 Å². The Bertz CT molecular complexity index is 468. The van der Waals surface area contributed by atoms with Crippen LogP contribution >= 0.6 is 35.8 Å². The zero-order valence-corrected chi connectivity index (χ0v) is 15.2. The van der Waals surface area contributed by atoms with Crippen LogP contribution in [0.3, 0.4) is 0 Å². The normalized spacial score (nSPS) is 19.4. The Hall–Kier alpha value is -0.420. The Morgan fingerprint density at radius 2 is 2.14 bits per heavy atom. The number of nitrogens with zero attached hydrogens (tertiary/aromatic N) is 1. The highest BCUT2D eigenvalue weighted by molar-refractivity contribution is 7.99. The molecule has 6 heteroatoms. The number of rotatable bonds is 5. The van der Waals surface area contributed by atoms with E-state index in [-0.39, 0.29) is 24.4 Å². The Morgan fingerprint density at radius 1 is 1.45 bits per heavy atom. The molecule has 1 aromatic carbocycles. The number of carbonyl (C=O) groups is 1. The van der Waals surface area contributed by atoms with Crippen LogP contribution in [0.4, 0.5) is 0 Å². The SMILES string of the molecule is CC(N)C1CCCN(C(=O)CSCc2ccc(Cl)cc2)C1.Cl. The zero-order chi connectivity index (χ0) is 15.2. The second-order valence-electron chi connectivity index (χ2n) is 5.72. The molecule has 1 fully saturated rings. The van der Waals surface area contributed by atoms with Crippen LogP contribution in [0, 0.1) is 5.92 Å². The first-order valence-corrected chi connectivity index (χ1v) is 8.95. The molecule has 1 aliphatic rings. The molecule has 2 rings (SSSR count). The lowest BCUT2D eigenvalue weighted by Crippen LogP contribution is -2.45. The van der Waals surface area contributed by atoms with E-state index in [0.717, 1.165) is 36.7 Å². The standard InChI is InChI=1S/C16H23ClN2OS.ClH/c1-12(18)14-3-2-8-19(9-14)16(20)11-21-10-13-4-6-15(17)7-5-13;/h4-7,12,14H,2-3,8-11,18H2,1H3;1H. The van der Waals surface area contributed by atoms with Crippen molar-refractivity contribution in [3.05, 3.63) is 34.9 Å². The molecule has 0 aliphatic carbocycles. The number of thioether (sulfide) groups is 1. The Morgan fingerprint density at radius 3 is 2.77 bits per heavy atom. The molecule has 1 amide bonds. The monoisotopic (exact) mass is 362 g/mol. The van der Waals surface area contributed by atoms with Crippen LogP contribution in [0.2, 0.25) is 5.02 Å². The largest absolute Gasteiger partial charge is 0.342 e. The summed E-state index contributed by atoms with van der Waals surface area (Å²) in [7, 11) is 0. The van der Waals surface area contributed by atoms with Crippen molar-refractivity contribution in [3.8, 4) is 0 Å². The Labute approximate surface area is 148 Å². The van der Waals surface area contributed by atoms with Crippen LogP contribution in [0.1, 0.15) is 25.3 Å². The van der Waals surface area contributed by atoms with Gasteiger partial charge in [0.25, 0.3) is 0 Å². The third-order valence-corrected chi connectivity index (χ3v) is 5.20. The van der Waals surface area contributed by atoms with Crippen molar-refractivity contribution in [1.29, 1.82) is 0 Å². The summed E-state index contributed by atoms with van der Waals surface area (Å²) < 4.78 is 0. The predicted molar refractivity (Wildman–Crippen MR) is 97.8 cm³/mol. The van der Waals surface area contributed by atoms with Crippen molar-refractivity contribution in [2.45, 2.75) is 31.6 Å². The van der Waals surface area contributed by atoms with E-state index in [4.69, 9.17) is 17.3 Å². The van der Waals surface area contributed by atoms with Crippen LogP contribution in [0.25, 0.3) is 0 Å². The predicted octanol–water partition coefficient (Wildman–Crippen LogP) is 3.58. The zero-order valence-electron chi connectivity index (χ0n) is 12.8. The molecule has 0 spiro atoms. The molecule has 1 heterocycles. The van der Waals surface area contributed by atoms with Crippen LogP contribution in [-0.4, -0.2) is 35.7 Å². The van der Waals surface area contributed by atoms with Gasteiger partial charge in [0.1, 0.15) is 0 Å². The Balaban J connectivity index is 0.00000242. The fourth-order valence-electron chi connectivity index (χ4n) is 2.59. The van der Waals surface area contributed by atoms with E-state index in [0.29, 0.717) is 11.7 Å². The minimum Gasteiger partial charge on any atom is -0.342 e. The van der Waals surface area contributed by atoms with Gasteiger partial charge in [0.15, 0.2) is 0 Å². The first kappa shape index (κ1) is 19.6. The number of likely N-dealkylation sites (tertiary alicyclic amines) is 1. The second kappa shape index (κ2) is 9.66. The lowest BCUT2D eigenvalue weighted by atomic mass is 9.92. The van der Waals surface area contributed by atoms with Gasteiger partial charge < -0.3 is 10.6 Å². The second-order valence-corrected chi connectivity index (χ2v) is 7.14. The Kier molecular flexibility index (Phi) is 8.62. The molecular formula is C16H24Cl2N2OS. The van der Waals surface area contributed by atoms with Crippen LogP contribution in [0.15, 0.2) is 24.3 Å². The van der Waals surface area contributed by atoms with E-state index in [1.165, 1.54) is 5.56 Å². The van der Waals surface area contributed by atoms with Crippen LogP contribution in [-0.2, 0) is 10.5 Å². The average Bonchev–Trinajstić information content (AvgIpc) is 2.49. The molecule has 1 aromatic rings. The van der Waals surface area contributed by atoms with Gasteiger partial charge in [0, 0.05) is 29.9 Å². The number of carbonyl (C=O) groups excluding carboxylic acids is 1. The van der Waals surface area contributed by atoms with E-state index >= 15 is 0 Å². The molecule has 22 heavy (non-hydrogen) atoms. The lowest BCUT2D eigenvalue weighted by molar-refractivity contribution is -0.130. The van der Waals surface area contributed by atoms with Crippen molar-refractivity contribution in [1.82, 2.24) is 4.90 Å². The van der Waals surface area contributed by atoms with Gasteiger partial charge in [-0.1, -0.05) is 23.7 Å². The molecule has 2 atom stereocenters. The van der Waals surface area contributed by atoms with Crippen molar-refractivity contribution >= 4 is 41.7 Å². The van der Waals surface area contributed by atoms with E-state index in [2.05, 4.69) is 0 Å². The van der Waals surface area contributed by atoms with Gasteiger partial charge in [0.05, 0.1) is 5.75 Å². The van der Waals surface area contributed by atoms with Crippen LogP contribution < -0.4 is 5.73 Å². The molecule has 1 saturated heterocycles. The first-order chi connectivity index (χ1) is 10.1. The quantitative estimate of drug-likeness (QED) is 0.870. The third kappa shape index (κ3) is 5.99. The minimum atomic E-state index is 0. The molecule has 124 valence electrons. The summed E-state index contributed by atoms with van der Waals surface area (Å²) in [6.45, 7) is 3.73. The fraction of sp³-hybridized carbons (Fsp3) is 0.562.